The average Bonchev–Trinajstić information content (AvgIpc) is 3.52. The third-order valence-electron chi connectivity index (χ3n) is 6.79. The van der Waals surface area contributed by atoms with E-state index in [1.165, 1.54) is 6.07 Å². The summed E-state index contributed by atoms with van der Waals surface area (Å²) in [5, 5.41) is 7.71. The summed E-state index contributed by atoms with van der Waals surface area (Å²) < 4.78 is 23.9. The van der Waals surface area contributed by atoms with Crippen molar-refractivity contribution in [2.24, 2.45) is 11.8 Å². The third-order valence-corrected chi connectivity index (χ3v) is 7.34. The molecule has 0 bridgehead atoms. The number of nitrogens with zero attached hydrogens (tertiary/aromatic N) is 4. The van der Waals surface area contributed by atoms with Crippen LogP contribution in [0.25, 0.3) is 22.3 Å². The summed E-state index contributed by atoms with van der Waals surface area (Å²) in [4.78, 5) is 22.5. The number of amides is 1. The highest BCUT2D eigenvalue weighted by Crippen LogP contribution is 2.54. The van der Waals surface area contributed by atoms with E-state index in [0.29, 0.717) is 11.6 Å². The highest BCUT2D eigenvalue weighted by atomic mass is 127. The van der Waals surface area contributed by atoms with Crippen molar-refractivity contribution in [2.45, 2.75) is 29.7 Å². The molecule has 1 aliphatic carbocycles. The number of carbonyl (C=O) groups excluding carboxylic acids is 1. The molecule has 0 unspecified atom stereocenters. The lowest BCUT2D eigenvalue weighted by Gasteiger charge is -2.48. The second-order valence-electron chi connectivity index (χ2n) is 8.99. The first kappa shape index (κ1) is 21.6. The number of aryl methyl sites for hydroxylation is 1. The predicted octanol–water partition coefficient (Wildman–Crippen LogP) is 5.93. The van der Waals surface area contributed by atoms with E-state index in [2.05, 4.69) is 20.2 Å². The van der Waals surface area contributed by atoms with Crippen molar-refractivity contribution in [3.8, 4) is 11.3 Å². The van der Waals surface area contributed by atoms with Crippen molar-refractivity contribution in [3.63, 3.8) is 0 Å². The standard InChI is InChI=1S/C25H20F2IN5O/c1-13-10-15(18-8-9-21(32-31-18)25(26,27)28)4-6-17(13)23-22(14-2-3-14)24(34)33(23)16-5-7-19-20(11-16)30-12-29-19/h4-12,14,22-23H,2-3H2,1H3,(H,29,30)/t22-,23+/m1/s1. The molecule has 2 aromatic heterocycles. The molecule has 9 heteroatoms. The van der Waals surface area contributed by atoms with E-state index >= 15 is 0 Å². The summed E-state index contributed by atoms with van der Waals surface area (Å²) in [5.74, 6) is 0.570. The number of alkyl halides is 3. The molecule has 0 radical (unpaired) electrons. The Kier molecular flexibility index (Phi) is 4.94. The summed E-state index contributed by atoms with van der Waals surface area (Å²) in [6.45, 7) is 2.02. The van der Waals surface area contributed by atoms with Crippen LogP contribution in [-0.2, 0) is 8.72 Å². The molecule has 6 nitrogen and oxygen atoms in total. The summed E-state index contributed by atoms with van der Waals surface area (Å²) in [6, 6.07) is 14.6. The molecular weight excluding hydrogens is 551 g/mol. The Hall–Kier alpha value is -2.95. The van der Waals surface area contributed by atoms with Gasteiger partial charge in [0, 0.05) is 33.8 Å². The Balaban J connectivity index is 1.35. The van der Waals surface area contributed by atoms with Gasteiger partial charge in [0.05, 0.1) is 35.0 Å². The van der Waals surface area contributed by atoms with Gasteiger partial charge in [-0.3, -0.25) is 4.79 Å². The average molecular weight is 571 g/mol. The summed E-state index contributed by atoms with van der Waals surface area (Å²) >= 11 is 1.05. The van der Waals surface area contributed by atoms with Crippen LogP contribution in [-0.4, -0.2) is 26.1 Å². The van der Waals surface area contributed by atoms with Crippen molar-refractivity contribution in [2.75, 3.05) is 4.90 Å². The van der Waals surface area contributed by atoms with Gasteiger partial charge >= 0.3 is 3.93 Å². The lowest BCUT2D eigenvalue weighted by atomic mass is 9.77. The van der Waals surface area contributed by atoms with Crippen LogP contribution in [0, 0.1) is 18.8 Å². The number of β-lactam (4-membered cyclic amide) rings is 1. The first-order valence-electron chi connectivity index (χ1n) is 11.1. The number of hydrogen-bond donors (Lipinski definition) is 1. The number of rotatable bonds is 5. The second kappa shape index (κ2) is 7.79. The maximum Gasteiger partial charge on any atom is 0.339 e. The molecule has 0 spiro atoms. The molecule has 2 aliphatic rings. The highest BCUT2D eigenvalue weighted by molar-refractivity contribution is 14.1. The lowest BCUT2D eigenvalue weighted by molar-refractivity contribution is -0.131. The van der Waals surface area contributed by atoms with Crippen LogP contribution in [0.5, 0.6) is 0 Å². The number of anilines is 1. The van der Waals surface area contributed by atoms with Crippen molar-refractivity contribution in [1.29, 1.82) is 0 Å². The molecular formula is C25H20F2IN5O. The van der Waals surface area contributed by atoms with E-state index in [1.807, 2.05) is 48.2 Å². The van der Waals surface area contributed by atoms with Crippen LogP contribution < -0.4 is 4.90 Å². The number of benzene rings is 2. The number of fused-ring (bicyclic) bond motifs is 1. The highest BCUT2D eigenvalue weighted by Gasteiger charge is 2.55. The zero-order valence-electron chi connectivity index (χ0n) is 18.2. The third kappa shape index (κ3) is 3.57. The van der Waals surface area contributed by atoms with Gasteiger partial charge in [-0.05, 0) is 73.2 Å². The number of halogens is 3. The first-order valence-corrected chi connectivity index (χ1v) is 12.2. The maximum atomic E-state index is 13.5. The van der Waals surface area contributed by atoms with E-state index in [-0.39, 0.29) is 23.6 Å². The number of aromatic nitrogens is 4. The number of H-pyrrole nitrogens is 1. The van der Waals surface area contributed by atoms with Gasteiger partial charge in [-0.25, -0.2) is 4.98 Å². The van der Waals surface area contributed by atoms with Gasteiger partial charge in [0.1, 0.15) is 5.69 Å². The van der Waals surface area contributed by atoms with Gasteiger partial charge in [0.2, 0.25) is 5.91 Å². The fourth-order valence-corrected chi connectivity index (χ4v) is 5.21. The zero-order chi connectivity index (χ0) is 23.6. The Morgan fingerprint density at radius 2 is 1.91 bits per heavy atom. The second-order valence-corrected chi connectivity index (χ2v) is 10.3. The Labute approximate surface area is 207 Å². The Morgan fingerprint density at radius 1 is 1.09 bits per heavy atom. The number of nitrogens with one attached hydrogen (secondary N) is 1. The van der Waals surface area contributed by atoms with Crippen molar-refractivity contribution in [3.05, 3.63) is 71.7 Å². The Morgan fingerprint density at radius 3 is 2.59 bits per heavy atom. The van der Waals surface area contributed by atoms with Gasteiger partial charge in [0.15, 0.2) is 0 Å². The topological polar surface area (TPSA) is 74.8 Å². The minimum atomic E-state index is -3.06. The number of imidazole rings is 1. The van der Waals surface area contributed by atoms with E-state index in [9.17, 15) is 13.6 Å². The van der Waals surface area contributed by atoms with Crippen LogP contribution in [0.4, 0.5) is 14.5 Å². The number of aromatic amines is 1. The fourth-order valence-electron chi connectivity index (χ4n) is 4.92. The number of hydrogen-bond acceptors (Lipinski definition) is 4. The van der Waals surface area contributed by atoms with Gasteiger partial charge in [-0.2, -0.15) is 13.9 Å². The van der Waals surface area contributed by atoms with E-state index < -0.39 is 3.93 Å². The molecule has 1 aliphatic heterocycles. The van der Waals surface area contributed by atoms with Gasteiger partial charge in [0.25, 0.3) is 0 Å². The molecule has 2 aromatic carbocycles. The molecule has 1 saturated heterocycles. The number of carbonyl (C=O) groups is 1. The predicted molar refractivity (Wildman–Crippen MR) is 133 cm³/mol. The minimum Gasteiger partial charge on any atom is -0.345 e. The summed E-state index contributed by atoms with van der Waals surface area (Å²) in [5.41, 5.74) is 5.69. The van der Waals surface area contributed by atoms with Crippen molar-refractivity contribution in [1.82, 2.24) is 20.2 Å². The van der Waals surface area contributed by atoms with Gasteiger partial charge in [-0.1, -0.05) is 12.1 Å². The van der Waals surface area contributed by atoms with E-state index in [1.54, 1.807) is 12.4 Å². The zero-order valence-corrected chi connectivity index (χ0v) is 20.3. The molecule has 2 atom stereocenters. The quantitative estimate of drug-likeness (QED) is 0.183. The van der Waals surface area contributed by atoms with Crippen LogP contribution in [0.2, 0.25) is 0 Å². The maximum absolute atomic E-state index is 13.5. The molecule has 34 heavy (non-hydrogen) atoms. The van der Waals surface area contributed by atoms with Gasteiger partial charge < -0.3 is 9.88 Å². The SMILES string of the molecule is Cc1cc(-c2ccc(C(F)(F)I)nn2)ccc1[C@H]1[C@@H](C2CC2)C(=O)N1c1ccc2nc[nH]c2c1. The van der Waals surface area contributed by atoms with Crippen LogP contribution in [0.15, 0.2) is 54.9 Å². The summed E-state index contributed by atoms with van der Waals surface area (Å²) in [7, 11) is 0. The molecule has 1 amide bonds. The smallest absolute Gasteiger partial charge is 0.339 e. The summed E-state index contributed by atoms with van der Waals surface area (Å²) in [6.07, 6.45) is 3.82. The van der Waals surface area contributed by atoms with E-state index in [4.69, 9.17) is 0 Å². The van der Waals surface area contributed by atoms with E-state index in [0.717, 1.165) is 68.8 Å². The lowest BCUT2D eigenvalue weighted by Crippen LogP contribution is -2.56. The molecule has 1 N–H and O–H groups in total. The van der Waals surface area contributed by atoms with Gasteiger partial charge in [-0.15, -0.1) is 5.10 Å². The molecule has 4 aromatic rings. The largest absolute Gasteiger partial charge is 0.345 e. The molecule has 6 rings (SSSR count). The van der Waals surface area contributed by atoms with Crippen LogP contribution >= 0.6 is 22.6 Å². The fraction of sp³-hybridized carbons (Fsp3) is 0.280. The molecule has 172 valence electrons. The van der Waals surface area contributed by atoms with Crippen LogP contribution in [0.3, 0.4) is 0 Å². The molecule has 3 heterocycles. The first-order chi connectivity index (χ1) is 16.3. The molecule has 2 fully saturated rings. The minimum absolute atomic E-state index is 0.0213. The van der Waals surface area contributed by atoms with Crippen LogP contribution in [0.1, 0.15) is 35.7 Å². The van der Waals surface area contributed by atoms with Crippen molar-refractivity contribution >= 4 is 45.2 Å². The Bertz CT molecular complexity index is 1410. The molecule has 1 saturated carbocycles. The monoisotopic (exact) mass is 571 g/mol. The normalized spacial score (nSPS) is 20.6. The van der Waals surface area contributed by atoms with Crippen molar-refractivity contribution < 1.29 is 13.6 Å².